The molecule has 17 heavy (non-hydrogen) atoms. The van der Waals surface area contributed by atoms with Gasteiger partial charge in [0.15, 0.2) is 0 Å². The maximum absolute atomic E-state index is 12.7. The molecule has 0 atom stereocenters. The first-order valence-electron chi connectivity index (χ1n) is 5.02. The van der Waals surface area contributed by atoms with Crippen molar-refractivity contribution in [3.8, 4) is 5.75 Å². The Bertz CT molecular complexity index is 455. The molecule has 0 saturated heterocycles. The summed E-state index contributed by atoms with van der Waals surface area (Å²) in [5, 5.41) is 0. The first-order chi connectivity index (χ1) is 7.78. The van der Waals surface area contributed by atoms with Crippen LogP contribution in [0.15, 0.2) is 16.6 Å². The summed E-state index contributed by atoms with van der Waals surface area (Å²) in [4.78, 5) is 0. The van der Waals surface area contributed by atoms with Crippen molar-refractivity contribution in [3.05, 3.63) is 27.7 Å². The van der Waals surface area contributed by atoms with Gasteiger partial charge in [0.2, 0.25) is 0 Å². The molecule has 2 N–H and O–H groups in total. The van der Waals surface area contributed by atoms with Crippen molar-refractivity contribution in [2.45, 2.75) is 24.6 Å². The van der Waals surface area contributed by atoms with Gasteiger partial charge in [-0.15, -0.1) is 0 Å². The maximum atomic E-state index is 12.7. The van der Waals surface area contributed by atoms with Crippen LogP contribution in [0.5, 0.6) is 5.75 Å². The Morgan fingerprint density at radius 2 is 1.94 bits per heavy atom. The van der Waals surface area contributed by atoms with Crippen LogP contribution in [0, 0.1) is 0 Å². The molecule has 0 heterocycles. The highest BCUT2D eigenvalue weighted by Gasteiger charge is 2.44. The highest BCUT2D eigenvalue weighted by Crippen LogP contribution is 2.50. The Morgan fingerprint density at radius 1 is 1.35 bits per heavy atom. The number of nitrogens with two attached hydrogens (primary N) is 1. The lowest BCUT2D eigenvalue weighted by Gasteiger charge is -2.18. The van der Waals surface area contributed by atoms with Crippen LogP contribution >= 0.6 is 15.9 Å². The number of halogens is 4. The summed E-state index contributed by atoms with van der Waals surface area (Å²) < 4.78 is 43.5. The molecule has 1 aliphatic carbocycles. The molecule has 2 nitrogen and oxygen atoms in total. The van der Waals surface area contributed by atoms with Gasteiger partial charge in [0, 0.05) is 11.1 Å². The number of methoxy groups -OCH3 is 1. The zero-order valence-electron chi connectivity index (χ0n) is 9.07. The molecule has 0 bridgehead atoms. The molecule has 2 rings (SSSR count). The van der Waals surface area contributed by atoms with E-state index < -0.39 is 17.3 Å². The second kappa shape index (κ2) is 3.88. The molecule has 0 spiro atoms. The quantitative estimate of drug-likeness (QED) is 0.908. The third-order valence-corrected chi connectivity index (χ3v) is 3.49. The maximum Gasteiger partial charge on any atom is 0.416 e. The molecule has 6 heteroatoms. The summed E-state index contributed by atoms with van der Waals surface area (Å²) in [6.45, 7) is 0. The molecular formula is C11H11BrF3NO. The van der Waals surface area contributed by atoms with E-state index >= 15 is 0 Å². The van der Waals surface area contributed by atoms with Crippen molar-refractivity contribution < 1.29 is 17.9 Å². The number of alkyl halides is 3. The monoisotopic (exact) mass is 309 g/mol. The van der Waals surface area contributed by atoms with Crippen molar-refractivity contribution in [1.82, 2.24) is 0 Å². The first-order valence-corrected chi connectivity index (χ1v) is 5.81. The number of ether oxygens (including phenoxy) is 1. The van der Waals surface area contributed by atoms with Gasteiger partial charge >= 0.3 is 6.18 Å². The van der Waals surface area contributed by atoms with Crippen molar-refractivity contribution in [3.63, 3.8) is 0 Å². The lowest BCUT2D eigenvalue weighted by atomic mass is 10.0. The van der Waals surface area contributed by atoms with Gasteiger partial charge in [-0.05, 0) is 40.9 Å². The molecule has 0 aliphatic heterocycles. The highest BCUT2D eigenvalue weighted by molar-refractivity contribution is 9.10. The van der Waals surface area contributed by atoms with Gasteiger partial charge in [-0.2, -0.15) is 13.2 Å². The van der Waals surface area contributed by atoms with E-state index in [9.17, 15) is 13.2 Å². The molecule has 0 aromatic heterocycles. The summed E-state index contributed by atoms with van der Waals surface area (Å²) >= 11 is 3.09. The number of rotatable bonds is 2. The minimum absolute atomic E-state index is 0.279. The smallest absolute Gasteiger partial charge is 0.416 e. The van der Waals surface area contributed by atoms with Crippen LogP contribution in [0.1, 0.15) is 24.0 Å². The van der Waals surface area contributed by atoms with Crippen LogP contribution in [0.25, 0.3) is 0 Å². The summed E-state index contributed by atoms with van der Waals surface area (Å²) in [5.74, 6) is 0.387. The predicted molar refractivity (Wildman–Crippen MR) is 60.8 cm³/mol. The van der Waals surface area contributed by atoms with Gasteiger partial charge in [0.1, 0.15) is 5.75 Å². The van der Waals surface area contributed by atoms with Gasteiger partial charge in [-0.1, -0.05) is 0 Å². The fraction of sp³-hybridized carbons (Fsp3) is 0.455. The van der Waals surface area contributed by atoms with E-state index in [1.165, 1.54) is 7.11 Å². The number of benzene rings is 1. The number of hydrogen-bond acceptors (Lipinski definition) is 2. The molecular weight excluding hydrogens is 299 g/mol. The predicted octanol–water partition coefficient (Wildman–Crippen LogP) is 3.42. The lowest BCUT2D eigenvalue weighted by molar-refractivity contribution is -0.137. The standard InChI is InChI=1S/C11H11BrF3NO/c1-17-9-7(10(16)2-3-10)4-6(5-8(9)12)11(13,14)15/h4-5H,2-3,16H2,1H3. The second-order valence-corrected chi connectivity index (χ2v) is 5.05. The molecule has 0 amide bonds. The fourth-order valence-electron chi connectivity index (χ4n) is 1.74. The average molecular weight is 310 g/mol. The van der Waals surface area contributed by atoms with E-state index in [0.717, 1.165) is 12.1 Å². The van der Waals surface area contributed by atoms with E-state index in [4.69, 9.17) is 10.5 Å². The van der Waals surface area contributed by atoms with E-state index in [1.54, 1.807) is 0 Å². The first kappa shape index (κ1) is 12.7. The summed E-state index contributed by atoms with van der Waals surface area (Å²) in [5.41, 5.74) is 4.99. The fourth-order valence-corrected chi connectivity index (χ4v) is 2.36. The van der Waals surface area contributed by atoms with Crippen LogP contribution < -0.4 is 10.5 Å². The van der Waals surface area contributed by atoms with Gasteiger partial charge in [0.05, 0.1) is 17.1 Å². The summed E-state index contributed by atoms with van der Waals surface area (Å²) in [7, 11) is 1.42. The Morgan fingerprint density at radius 3 is 2.35 bits per heavy atom. The average Bonchev–Trinajstić information content (AvgIpc) is 2.95. The minimum Gasteiger partial charge on any atom is -0.495 e. The lowest BCUT2D eigenvalue weighted by Crippen LogP contribution is -2.21. The van der Waals surface area contributed by atoms with Crippen molar-refractivity contribution >= 4 is 15.9 Å². The van der Waals surface area contributed by atoms with E-state index in [-0.39, 0.29) is 4.47 Å². The van der Waals surface area contributed by atoms with Crippen LogP contribution in [0.3, 0.4) is 0 Å². The molecule has 1 saturated carbocycles. The van der Waals surface area contributed by atoms with Crippen LogP contribution in [0.4, 0.5) is 13.2 Å². The van der Waals surface area contributed by atoms with E-state index in [1.807, 2.05) is 0 Å². The highest BCUT2D eigenvalue weighted by atomic mass is 79.9. The van der Waals surface area contributed by atoms with Crippen molar-refractivity contribution in [2.24, 2.45) is 5.73 Å². The van der Waals surface area contributed by atoms with Gasteiger partial charge in [-0.25, -0.2) is 0 Å². The number of hydrogen-bond donors (Lipinski definition) is 1. The summed E-state index contributed by atoms with van der Waals surface area (Å²) in [6.07, 6.45) is -3.02. The Labute approximate surface area is 105 Å². The topological polar surface area (TPSA) is 35.2 Å². The Balaban J connectivity index is 2.59. The van der Waals surface area contributed by atoms with Crippen LogP contribution in [-0.2, 0) is 11.7 Å². The van der Waals surface area contributed by atoms with Gasteiger partial charge in [-0.3, -0.25) is 0 Å². The third-order valence-electron chi connectivity index (χ3n) is 2.90. The van der Waals surface area contributed by atoms with E-state index in [2.05, 4.69) is 15.9 Å². The molecule has 94 valence electrons. The van der Waals surface area contributed by atoms with Crippen LogP contribution in [0.2, 0.25) is 0 Å². The zero-order chi connectivity index (χ0) is 12.8. The van der Waals surface area contributed by atoms with Crippen molar-refractivity contribution in [2.75, 3.05) is 7.11 Å². The van der Waals surface area contributed by atoms with Crippen LogP contribution in [-0.4, -0.2) is 7.11 Å². The normalized spacial score (nSPS) is 18.0. The van der Waals surface area contributed by atoms with E-state index in [0.29, 0.717) is 24.2 Å². The SMILES string of the molecule is COc1c(Br)cc(C(F)(F)F)cc1C1(N)CC1. The molecule has 1 aromatic carbocycles. The molecule has 1 aromatic rings. The Hall–Kier alpha value is -0.750. The molecule has 1 aliphatic rings. The molecule has 0 radical (unpaired) electrons. The summed E-state index contributed by atoms with van der Waals surface area (Å²) in [6, 6.07) is 2.09. The zero-order valence-corrected chi connectivity index (χ0v) is 10.7. The van der Waals surface area contributed by atoms with Crippen molar-refractivity contribution in [1.29, 1.82) is 0 Å². The van der Waals surface area contributed by atoms with Gasteiger partial charge < -0.3 is 10.5 Å². The Kier molecular flexibility index (Phi) is 2.90. The molecule has 0 unspecified atom stereocenters. The second-order valence-electron chi connectivity index (χ2n) is 4.19. The molecule has 1 fully saturated rings. The minimum atomic E-state index is -4.38. The largest absolute Gasteiger partial charge is 0.495 e. The third kappa shape index (κ3) is 2.28. The van der Waals surface area contributed by atoms with Gasteiger partial charge in [0.25, 0.3) is 0 Å².